The lowest BCUT2D eigenvalue weighted by atomic mass is 9.79. The summed E-state index contributed by atoms with van der Waals surface area (Å²) in [6.45, 7) is 0.293. The zero-order chi connectivity index (χ0) is 15.3. The van der Waals surface area contributed by atoms with Crippen molar-refractivity contribution in [3.8, 4) is 0 Å². The van der Waals surface area contributed by atoms with Gasteiger partial charge in [0, 0.05) is 6.54 Å². The molecule has 1 fully saturated rings. The van der Waals surface area contributed by atoms with E-state index in [4.69, 9.17) is 18.0 Å². The van der Waals surface area contributed by atoms with E-state index >= 15 is 0 Å². The van der Waals surface area contributed by atoms with Gasteiger partial charge in [-0.3, -0.25) is 4.79 Å². The van der Waals surface area contributed by atoms with Gasteiger partial charge in [-0.1, -0.05) is 50.0 Å². The Balaban J connectivity index is 2.07. The quantitative estimate of drug-likeness (QED) is 0.664. The van der Waals surface area contributed by atoms with E-state index < -0.39 is 5.41 Å². The van der Waals surface area contributed by atoms with Crippen LogP contribution in [0.4, 0.5) is 4.39 Å². The van der Waals surface area contributed by atoms with E-state index in [2.05, 4.69) is 5.32 Å². The summed E-state index contributed by atoms with van der Waals surface area (Å²) in [5.41, 5.74) is 5.87. The molecule has 3 nitrogen and oxygen atoms in total. The van der Waals surface area contributed by atoms with Crippen molar-refractivity contribution in [3.63, 3.8) is 0 Å². The molecule has 1 amide bonds. The fraction of sp³-hybridized carbons (Fsp3) is 0.500. The minimum atomic E-state index is -0.737. The molecule has 0 radical (unpaired) electrons. The highest BCUT2D eigenvalue weighted by Crippen LogP contribution is 2.35. The molecule has 21 heavy (non-hydrogen) atoms. The number of nitrogens with two attached hydrogens (primary N) is 1. The minimum absolute atomic E-state index is 0.124. The normalized spacial score (nSPS) is 17.8. The van der Waals surface area contributed by atoms with Crippen LogP contribution in [0.15, 0.2) is 24.3 Å². The molecule has 0 atom stereocenters. The lowest BCUT2D eigenvalue weighted by Gasteiger charge is -2.30. The highest BCUT2D eigenvalue weighted by molar-refractivity contribution is 7.80. The van der Waals surface area contributed by atoms with E-state index in [0.717, 1.165) is 31.2 Å². The number of nitrogens with one attached hydrogen (secondary N) is 1. The third kappa shape index (κ3) is 3.79. The van der Waals surface area contributed by atoms with Crippen LogP contribution in [0.25, 0.3) is 0 Å². The first-order valence-corrected chi connectivity index (χ1v) is 7.78. The summed E-state index contributed by atoms with van der Waals surface area (Å²) < 4.78 is 13.2. The first-order chi connectivity index (χ1) is 10.0. The Kier molecular flexibility index (Phi) is 5.28. The number of amides is 1. The van der Waals surface area contributed by atoms with Crippen molar-refractivity contribution >= 4 is 23.1 Å². The van der Waals surface area contributed by atoms with Gasteiger partial charge in [-0.05, 0) is 30.5 Å². The molecule has 1 aliphatic rings. The molecule has 5 heteroatoms. The van der Waals surface area contributed by atoms with E-state index in [0.29, 0.717) is 19.4 Å². The molecule has 0 heterocycles. The maximum atomic E-state index is 13.2. The van der Waals surface area contributed by atoms with Crippen molar-refractivity contribution < 1.29 is 9.18 Å². The van der Waals surface area contributed by atoms with Crippen LogP contribution in [0.2, 0.25) is 0 Å². The molecule has 1 aromatic rings. The Bertz CT molecular complexity index is 525. The van der Waals surface area contributed by atoms with Gasteiger partial charge in [0.2, 0.25) is 5.91 Å². The molecule has 0 aromatic heterocycles. The second kappa shape index (κ2) is 6.98. The number of benzene rings is 1. The molecule has 1 saturated carbocycles. The number of carbonyl (C=O) groups excluding carboxylic acids is 1. The first-order valence-electron chi connectivity index (χ1n) is 7.37. The van der Waals surface area contributed by atoms with Crippen molar-refractivity contribution in [3.05, 3.63) is 35.6 Å². The molecule has 114 valence electrons. The maximum Gasteiger partial charge on any atom is 0.233 e. The summed E-state index contributed by atoms with van der Waals surface area (Å²) in [7, 11) is 0. The van der Waals surface area contributed by atoms with E-state index in [1.807, 2.05) is 0 Å². The Morgan fingerprint density at radius 3 is 2.52 bits per heavy atom. The summed E-state index contributed by atoms with van der Waals surface area (Å²) in [6, 6.07) is 6.21. The zero-order valence-electron chi connectivity index (χ0n) is 12.0. The van der Waals surface area contributed by atoms with Gasteiger partial charge in [0.15, 0.2) is 0 Å². The standard InChI is InChI=1S/C16H21FN2OS/c17-13-7-5-6-12(10-13)11-19-15(20)16(14(18)21)8-3-1-2-4-9-16/h5-7,10H,1-4,8-9,11H2,(H2,18,21)(H,19,20). The van der Waals surface area contributed by atoms with Crippen molar-refractivity contribution in [2.45, 2.75) is 45.1 Å². The minimum Gasteiger partial charge on any atom is -0.392 e. The Hall–Kier alpha value is -1.49. The number of carbonyl (C=O) groups is 1. The first kappa shape index (κ1) is 15.9. The molecule has 0 bridgehead atoms. The van der Waals surface area contributed by atoms with Crippen LogP contribution in [0, 0.1) is 11.2 Å². The molecule has 0 unspecified atom stereocenters. The Labute approximate surface area is 130 Å². The lowest BCUT2D eigenvalue weighted by molar-refractivity contribution is -0.128. The molecule has 1 aromatic carbocycles. The number of hydrogen-bond acceptors (Lipinski definition) is 2. The number of hydrogen-bond donors (Lipinski definition) is 2. The monoisotopic (exact) mass is 308 g/mol. The van der Waals surface area contributed by atoms with Crippen molar-refractivity contribution in [2.24, 2.45) is 11.1 Å². The fourth-order valence-corrected chi connectivity index (χ4v) is 3.21. The second-order valence-electron chi connectivity index (χ2n) is 5.67. The molecule has 0 spiro atoms. The SMILES string of the molecule is NC(=S)C1(C(=O)NCc2cccc(F)c2)CCCCCC1. The van der Waals surface area contributed by atoms with Crippen LogP contribution in [-0.2, 0) is 11.3 Å². The average molecular weight is 308 g/mol. The summed E-state index contributed by atoms with van der Waals surface area (Å²) in [6.07, 6.45) is 5.56. The second-order valence-corrected chi connectivity index (χ2v) is 6.11. The largest absolute Gasteiger partial charge is 0.392 e. The summed E-state index contributed by atoms with van der Waals surface area (Å²) in [4.78, 5) is 12.9. The van der Waals surface area contributed by atoms with Gasteiger partial charge in [-0.25, -0.2) is 4.39 Å². The molecule has 1 aliphatic carbocycles. The van der Waals surface area contributed by atoms with Gasteiger partial charge >= 0.3 is 0 Å². The van der Waals surface area contributed by atoms with Crippen LogP contribution in [0.1, 0.15) is 44.1 Å². The molecule has 2 rings (SSSR count). The van der Waals surface area contributed by atoms with Gasteiger partial charge < -0.3 is 11.1 Å². The number of rotatable bonds is 4. The van der Waals surface area contributed by atoms with E-state index in [1.165, 1.54) is 12.1 Å². The summed E-state index contributed by atoms with van der Waals surface area (Å²) >= 11 is 5.17. The lowest BCUT2D eigenvalue weighted by Crippen LogP contribution is -2.48. The van der Waals surface area contributed by atoms with Gasteiger partial charge in [0.1, 0.15) is 5.82 Å². The molecule has 0 aliphatic heterocycles. The number of thiocarbonyl (C=S) groups is 1. The van der Waals surface area contributed by atoms with E-state index in [9.17, 15) is 9.18 Å². The van der Waals surface area contributed by atoms with Crippen LogP contribution < -0.4 is 11.1 Å². The van der Waals surface area contributed by atoms with Gasteiger partial charge in [-0.2, -0.15) is 0 Å². The number of halogens is 1. The molecular weight excluding hydrogens is 287 g/mol. The van der Waals surface area contributed by atoms with Crippen molar-refractivity contribution in [1.82, 2.24) is 5.32 Å². The molecule has 3 N–H and O–H groups in total. The Morgan fingerprint density at radius 1 is 1.29 bits per heavy atom. The maximum absolute atomic E-state index is 13.2. The predicted octanol–water partition coefficient (Wildman–Crippen LogP) is 3.07. The van der Waals surface area contributed by atoms with E-state index in [1.54, 1.807) is 12.1 Å². The topological polar surface area (TPSA) is 55.1 Å². The Morgan fingerprint density at radius 2 is 1.95 bits per heavy atom. The molecule has 0 saturated heterocycles. The van der Waals surface area contributed by atoms with Gasteiger partial charge in [0.25, 0.3) is 0 Å². The predicted molar refractivity (Wildman–Crippen MR) is 85.2 cm³/mol. The smallest absolute Gasteiger partial charge is 0.233 e. The van der Waals surface area contributed by atoms with Crippen LogP contribution in [-0.4, -0.2) is 10.9 Å². The van der Waals surface area contributed by atoms with Crippen LogP contribution in [0.3, 0.4) is 0 Å². The highest BCUT2D eigenvalue weighted by atomic mass is 32.1. The van der Waals surface area contributed by atoms with Crippen molar-refractivity contribution in [1.29, 1.82) is 0 Å². The van der Waals surface area contributed by atoms with Gasteiger partial charge in [-0.15, -0.1) is 0 Å². The summed E-state index contributed by atoms with van der Waals surface area (Å²) in [5, 5.41) is 2.87. The third-order valence-corrected chi connectivity index (χ3v) is 4.60. The third-order valence-electron chi connectivity index (χ3n) is 4.21. The zero-order valence-corrected chi connectivity index (χ0v) is 12.8. The van der Waals surface area contributed by atoms with E-state index in [-0.39, 0.29) is 16.7 Å². The van der Waals surface area contributed by atoms with Crippen LogP contribution >= 0.6 is 12.2 Å². The summed E-state index contributed by atoms with van der Waals surface area (Å²) in [5.74, 6) is -0.429. The van der Waals surface area contributed by atoms with Crippen LogP contribution in [0.5, 0.6) is 0 Å². The average Bonchev–Trinajstić information content (AvgIpc) is 2.71. The van der Waals surface area contributed by atoms with Gasteiger partial charge in [0.05, 0.1) is 10.4 Å². The molecular formula is C16H21FN2OS. The highest BCUT2D eigenvalue weighted by Gasteiger charge is 2.41. The van der Waals surface area contributed by atoms with Crippen molar-refractivity contribution in [2.75, 3.05) is 0 Å². The fourth-order valence-electron chi connectivity index (χ4n) is 2.92.